The van der Waals surface area contributed by atoms with E-state index in [-0.39, 0.29) is 24.5 Å². The van der Waals surface area contributed by atoms with E-state index in [1.165, 1.54) is 0 Å². The lowest BCUT2D eigenvalue weighted by Crippen LogP contribution is -2.30. The number of carbonyl (C=O) groups excluding carboxylic acids is 1. The lowest BCUT2D eigenvalue weighted by molar-refractivity contribution is -0.184. The van der Waals surface area contributed by atoms with Crippen LogP contribution in [0.1, 0.15) is 64.7 Å². The summed E-state index contributed by atoms with van der Waals surface area (Å²) in [5.41, 5.74) is 0. The summed E-state index contributed by atoms with van der Waals surface area (Å²) >= 11 is 0. The molecule has 1 aliphatic rings. The molecule has 1 rings (SSSR count). The topological polar surface area (TPSA) is 17.1 Å². The third kappa shape index (κ3) is 4.99. The molecular formula is C14H23F3O. The lowest BCUT2D eigenvalue weighted by Gasteiger charge is -2.29. The van der Waals surface area contributed by atoms with E-state index in [0.717, 1.165) is 25.7 Å². The highest BCUT2D eigenvalue weighted by Crippen LogP contribution is 2.40. The minimum absolute atomic E-state index is 0.106. The van der Waals surface area contributed by atoms with Crippen LogP contribution in [0.5, 0.6) is 0 Å². The van der Waals surface area contributed by atoms with Crippen LogP contribution in [0.2, 0.25) is 0 Å². The summed E-state index contributed by atoms with van der Waals surface area (Å²) in [5.74, 6) is -1.10. The van der Waals surface area contributed by atoms with Gasteiger partial charge in [0.05, 0.1) is 5.92 Å². The average Bonchev–Trinajstić information content (AvgIpc) is 2.33. The Balaban J connectivity index is 2.23. The molecule has 0 N–H and O–H groups in total. The number of ketones is 1. The van der Waals surface area contributed by atoms with Crippen LogP contribution in [0.4, 0.5) is 13.2 Å². The molecule has 0 bridgehead atoms. The highest BCUT2D eigenvalue weighted by molar-refractivity contribution is 5.81. The van der Waals surface area contributed by atoms with Gasteiger partial charge in [-0.3, -0.25) is 4.79 Å². The predicted octanol–water partition coefficient (Wildman–Crippen LogP) is 4.89. The van der Waals surface area contributed by atoms with Gasteiger partial charge in [0.15, 0.2) is 0 Å². The van der Waals surface area contributed by atoms with Gasteiger partial charge in [0.2, 0.25) is 0 Å². The van der Waals surface area contributed by atoms with Gasteiger partial charge in [-0.25, -0.2) is 0 Å². The second-order valence-electron chi connectivity index (χ2n) is 5.37. The molecule has 0 spiro atoms. The van der Waals surface area contributed by atoms with Crippen LogP contribution < -0.4 is 0 Å². The normalized spacial score (nSPS) is 25.1. The van der Waals surface area contributed by atoms with Gasteiger partial charge < -0.3 is 0 Å². The third-order valence-electron chi connectivity index (χ3n) is 3.92. The minimum atomic E-state index is -4.07. The summed E-state index contributed by atoms with van der Waals surface area (Å²) in [6.07, 6.45) is 1.82. The second-order valence-corrected chi connectivity index (χ2v) is 5.37. The van der Waals surface area contributed by atoms with Gasteiger partial charge in [0.1, 0.15) is 5.78 Å². The summed E-state index contributed by atoms with van der Waals surface area (Å²) in [6.45, 7) is 2.11. The molecule has 0 amide bonds. The first-order valence-electron chi connectivity index (χ1n) is 7.04. The summed E-state index contributed by atoms with van der Waals surface area (Å²) in [5, 5.41) is 0. The summed E-state index contributed by atoms with van der Waals surface area (Å²) in [7, 11) is 0. The van der Waals surface area contributed by atoms with Gasteiger partial charge in [-0.2, -0.15) is 13.2 Å². The van der Waals surface area contributed by atoms with Crippen molar-refractivity contribution in [1.29, 1.82) is 0 Å². The van der Waals surface area contributed by atoms with Crippen molar-refractivity contribution < 1.29 is 18.0 Å². The molecule has 0 heterocycles. The van der Waals surface area contributed by atoms with Crippen LogP contribution in [0.3, 0.4) is 0 Å². The standard InChI is InChI=1S/C14H23F3O/c1-2-3-4-5-6-13(18)11-7-9-12(10-8-11)14(15,16)17/h11-12H,2-10H2,1H3. The van der Waals surface area contributed by atoms with Crippen LogP contribution in [-0.4, -0.2) is 12.0 Å². The van der Waals surface area contributed by atoms with Crippen molar-refractivity contribution in [1.82, 2.24) is 0 Å². The van der Waals surface area contributed by atoms with Crippen LogP contribution in [0, 0.1) is 11.8 Å². The Morgan fingerprint density at radius 1 is 1.06 bits per heavy atom. The summed E-state index contributed by atoms with van der Waals surface area (Å²) in [6, 6.07) is 0. The first-order chi connectivity index (χ1) is 8.45. The molecule has 0 aliphatic heterocycles. The van der Waals surface area contributed by atoms with E-state index >= 15 is 0 Å². The fourth-order valence-electron chi connectivity index (χ4n) is 2.67. The van der Waals surface area contributed by atoms with E-state index < -0.39 is 12.1 Å². The molecule has 18 heavy (non-hydrogen) atoms. The molecule has 106 valence electrons. The average molecular weight is 264 g/mol. The molecule has 0 saturated heterocycles. The molecule has 4 heteroatoms. The number of unbranched alkanes of at least 4 members (excludes halogenated alkanes) is 3. The number of rotatable bonds is 6. The van der Waals surface area contributed by atoms with E-state index in [9.17, 15) is 18.0 Å². The Hall–Kier alpha value is -0.540. The minimum Gasteiger partial charge on any atom is -0.299 e. The molecule has 1 fully saturated rings. The first kappa shape index (κ1) is 15.5. The van der Waals surface area contributed by atoms with Crippen molar-refractivity contribution in [2.75, 3.05) is 0 Å². The van der Waals surface area contributed by atoms with Crippen LogP contribution in [0.25, 0.3) is 0 Å². The van der Waals surface area contributed by atoms with Crippen molar-refractivity contribution >= 4 is 5.78 Å². The van der Waals surface area contributed by atoms with Crippen molar-refractivity contribution in [2.24, 2.45) is 11.8 Å². The highest BCUT2D eigenvalue weighted by atomic mass is 19.4. The maximum absolute atomic E-state index is 12.5. The number of alkyl halides is 3. The quantitative estimate of drug-likeness (QED) is 0.624. The largest absolute Gasteiger partial charge is 0.391 e. The lowest BCUT2D eigenvalue weighted by atomic mass is 9.79. The zero-order chi connectivity index (χ0) is 13.6. The Morgan fingerprint density at radius 2 is 1.67 bits per heavy atom. The molecule has 1 aliphatic carbocycles. The number of carbonyl (C=O) groups is 1. The van der Waals surface area contributed by atoms with Crippen LogP contribution >= 0.6 is 0 Å². The second kappa shape index (κ2) is 7.15. The Bertz CT molecular complexity index is 252. The van der Waals surface area contributed by atoms with Crippen LogP contribution in [-0.2, 0) is 4.79 Å². The van der Waals surface area contributed by atoms with Gasteiger partial charge in [0.25, 0.3) is 0 Å². The van der Waals surface area contributed by atoms with Crippen LogP contribution in [0.15, 0.2) is 0 Å². The molecule has 1 saturated carbocycles. The summed E-state index contributed by atoms with van der Waals surface area (Å²) < 4.78 is 37.4. The number of hydrogen-bond donors (Lipinski definition) is 0. The first-order valence-corrected chi connectivity index (χ1v) is 7.04. The zero-order valence-corrected chi connectivity index (χ0v) is 11.1. The van der Waals surface area contributed by atoms with Crippen molar-refractivity contribution in [3.05, 3.63) is 0 Å². The SMILES string of the molecule is CCCCCCC(=O)C1CCC(C(F)(F)F)CC1. The Kier molecular flexibility index (Phi) is 6.16. The smallest absolute Gasteiger partial charge is 0.299 e. The number of halogens is 3. The van der Waals surface area contributed by atoms with Gasteiger partial charge in [-0.05, 0) is 32.1 Å². The fourth-order valence-corrected chi connectivity index (χ4v) is 2.67. The van der Waals surface area contributed by atoms with Gasteiger partial charge in [-0.15, -0.1) is 0 Å². The number of hydrogen-bond acceptors (Lipinski definition) is 1. The van der Waals surface area contributed by atoms with E-state index in [1.807, 2.05) is 0 Å². The maximum atomic E-state index is 12.5. The van der Waals surface area contributed by atoms with Gasteiger partial charge >= 0.3 is 6.18 Å². The van der Waals surface area contributed by atoms with Gasteiger partial charge in [-0.1, -0.05) is 26.2 Å². The molecule has 1 nitrogen and oxygen atoms in total. The molecule has 0 aromatic heterocycles. The van der Waals surface area contributed by atoms with E-state index in [0.29, 0.717) is 19.3 Å². The van der Waals surface area contributed by atoms with Gasteiger partial charge in [0, 0.05) is 12.3 Å². The van der Waals surface area contributed by atoms with E-state index in [2.05, 4.69) is 6.92 Å². The van der Waals surface area contributed by atoms with E-state index in [1.54, 1.807) is 0 Å². The van der Waals surface area contributed by atoms with E-state index in [4.69, 9.17) is 0 Å². The zero-order valence-electron chi connectivity index (χ0n) is 11.1. The molecule has 0 aromatic rings. The van der Waals surface area contributed by atoms with Crippen molar-refractivity contribution in [2.45, 2.75) is 70.9 Å². The maximum Gasteiger partial charge on any atom is 0.391 e. The molecule has 0 radical (unpaired) electrons. The molecule has 0 atom stereocenters. The summed E-state index contributed by atoms with van der Waals surface area (Å²) in [4.78, 5) is 11.8. The molecule has 0 unspecified atom stereocenters. The highest BCUT2D eigenvalue weighted by Gasteiger charge is 2.42. The number of Topliss-reactive ketones (excluding diaryl/α,β-unsaturated/α-hetero) is 1. The predicted molar refractivity (Wildman–Crippen MR) is 65.3 cm³/mol. The Labute approximate surface area is 107 Å². The molecule has 0 aromatic carbocycles. The monoisotopic (exact) mass is 264 g/mol. The molecular weight excluding hydrogens is 241 g/mol. The fraction of sp³-hybridized carbons (Fsp3) is 0.929. The van der Waals surface area contributed by atoms with Crippen molar-refractivity contribution in [3.8, 4) is 0 Å². The third-order valence-corrected chi connectivity index (χ3v) is 3.92. The Morgan fingerprint density at radius 3 is 2.17 bits per heavy atom. The van der Waals surface area contributed by atoms with Crippen molar-refractivity contribution in [3.63, 3.8) is 0 Å².